The molecule has 0 aliphatic carbocycles. The molecule has 0 atom stereocenters. The summed E-state index contributed by atoms with van der Waals surface area (Å²) in [6.07, 6.45) is 0. The molecule has 0 aliphatic heterocycles. The molecule has 0 spiro atoms. The molecule has 0 fully saturated rings. The molecule has 5 heteroatoms. The van der Waals surface area contributed by atoms with E-state index in [4.69, 9.17) is 14.2 Å². The second-order valence-electron chi connectivity index (χ2n) is 3.66. The fourth-order valence-electron chi connectivity index (χ4n) is 1.31. The zero-order chi connectivity index (χ0) is 13.1. The maximum atomic E-state index is 5.58. The van der Waals surface area contributed by atoms with Crippen molar-refractivity contribution >= 4 is 15.9 Å². The lowest BCUT2D eigenvalue weighted by Gasteiger charge is -2.08. The van der Waals surface area contributed by atoms with Gasteiger partial charge in [-0.3, -0.25) is 0 Å². The first kappa shape index (κ1) is 15.4. The molecule has 0 heterocycles. The van der Waals surface area contributed by atoms with E-state index in [1.807, 2.05) is 24.3 Å². The molecule has 1 aromatic carbocycles. The number of halogens is 1. The van der Waals surface area contributed by atoms with Crippen molar-refractivity contribution in [1.82, 2.24) is 5.32 Å². The molecular weight excluding hydrogens is 298 g/mol. The van der Waals surface area contributed by atoms with Gasteiger partial charge in [0.25, 0.3) is 0 Å². The molecule has 0 radical (unpaired) electrons. The van der Waals surface area contributed by atoms with E-state index in [9.17, 15) is 0 Å². The highest BCUT2D eigenvalue weighted by atomic mass is 79.9. The average Bonchev–Trinajstić information content (AvgIpc) is 2.37. The summed E-state index contributed by atoms with van der Waals surface area (Å²) in [7, 11) is 1.67. The van der Waals surface area contributed by atoms with Gasteiger partial charge >= 0.3 is 0 Å². The van der Waals surface area contributed by atoms with Crippen molar-refractivity contribution in [2.75, 3.05) is 46.6 Å². The molecule has 0 aliphatic rings. The number of hydrogen-bond donors (Lipinski definition) is 1. The van der Waals surface area contributed by atoms with Crippen molar-refractivity contribution in [3.05, 3.63) is 28.7 Å². The van der Waals surface area contributed by atoms with Crippen molar-refractivity contribution in [1.29, 1.82) is 0 Å². The molecule has 4 nitrogen and oxygen atoms in total. The molecule has 0 unspecified atom stereocenters. The molecule has 0 saturated carbocycles. The van der Waals surface area contributed by atoms with E-state index < -0.39 is 0 Å². The third-order valence-corrected chi connectivity index (χ3v) is 2.69. The zero-order valence-corrected chi connectivity index (χ0v) is 12.2. The minimum atomic E-state index is 0.645. The Morgan fingerprint density at radius 3 is 2.72 bits per heavy atom. The zero-order valence-electron chi connectivity index (χ0n) is 10.7. The van der Waals surface area contributed by atoms with Gasteiger partial charge in [-0.15, -0.1) is 0 Å². The van der Waals surface area contributed by atoms with Crippen LogP contribution in [0, 0.1) is 0 Å². The van der Waals surface area contributed by atoms with Crippen LogP contribution in [0.1, 0.15) is 0 Å². The molecule has 0 amide bonds. The normalized spacial score (nSPS) is 10.6. The third kappa shape index (κ3) is 7.66. The van der Waals surface area contributed by atoms with Gasteiger partial charge in [0.1, 0.15) is 12.4 Å². The lowest BCUT2D eigenvalue weighted by Crippen LogP contribution is -2.25. The minimum absolute atomic E-state index is 0.645. The lowest BCUT2D eigenvalue weighted by atomic mass is 10.3. The highest BCUT2D eigenvalue weighted by molar-refractivity contribution is 9.10. The topological polar surface area (TPSA) is 39.7 Å². The van der Waals surface area contributed by atoms with Gasteiger partial charge in [-0.25, -0.2) is 0 Å². The Kier molecular flexibility index (Phi) is 8.85. The number of methoxy groups -OCH3 is 1. The monoisotopic (exact) mass is 317 g/mol. The first-order chi connectivity index (χ1) is 8.83. The Morgan fingerprint density at radius 1 is 1.11 bits per heavy atom. The maximum absolute atomic E-state index is 5.58. The van der Waals surface area contributed by atoms with Crippen molar-refractivity contribution in [2.45, 2.75) is 0 Å². The van der Waals surface area contributed by atoms with Gasteiger partial charge in [0, 0.05) is 24.7 Å². The summed E-state index contributed by atoms with van der Waals surface area (Å²) in [5, 5.41) is 3.24. The number of benzene rings is 1. The van der Waals surface area contributed by atoms with E-state index in [1.54, 1.807) is 7.11 Å². The van der Waals surface area contributed by atoms with Gasteiger partial charge in [0.2, 0.25) is 0 Å². The largest absolute Gasteiger partial charge is 0.492 e. The summed E-state index contributed by atoms with van der Waals surface area (Å²) >= 11 is 3.40. The smallest absolute Gasteiger partial charge is 0.120 e. The van der Waals surface area contributed by atoms with Crippen LogP contribution in [0.25, 0.3) is 0 Å². The second kappa shape index (κ2) is 10.3. The number of nitrogens with one attached hydrogen (secondary N) is 1. The molecule has 18 heavy (non-hydrogen) atoms. The van der Waals surface area contributed by atoms with Crippen LogP contribution in [0.15, 0.2) is 28.7 Å². The number of hydrogen-bond acceptors (Lipinski definition) is 4. The van der Waals surface area contributed by atoms with Crippen LogP contribution < -0.4 is 10.1 Å². The van der Waals surface area contributed by atoms with Crippen LogP contribution in [-0.2, 0) is 9.47 Å². The highest BCUT2D eigenvalue weighted by Crippen LogP contribution is 2.17. The first-order valence-corrected chi connectivity index (χ1v) is 6.78. The predicted molar refractivity (Wildman–Crippen MR) is 75.2 cm³/mol. The van der Waals surface area contributed by atoms with Crippen molar-refractivity contribution in [3.63, 3.8) is 0 Å². The Morgan fingerprint density at radius 2 is 1.94 bits per heavy atom. The Labute approximate surface area is 117 Å². The van der Waals surface area contributed by atoms with E-state index in [0.29, 0.717) is 26.4 Å². The standard InChI is InChI=1S/C13H20BrNO3/c1-16-9-10-17-7-5-15-6-8-18-13-4-2-3-12(14)11-13/h2-4,11,15H,5-10H2,1H3. The molecule has 1 rings (SSSR count). The van der Waals surface area contributed by atoms with Crippen molar-refractivity contribution < 1.29 is 14.2 Å². The van der Waals surface area contributed by atoms with E-state index in [-0.39, 0.29) is 0 Å². The van der Waals surface area contributed by atoms with Crippen molar-refractivity contribution in [2.24, 2.45) is 0 Å². The Bertz CT molecular complexity index is 323. The van der Waals surface area contributed by atoms with Crippen LogP contribution in [0.2, 0.25) is 0 Å². The number of ether oxygens (including phenoxy) is 3. The van der Waals surface area contributed by atoms with E-state index in [2.05, 4.69) is 21.2 Å². The second-order valence-corrected chi connectivity index (χ2v) is 4.58. The summed E-state index contributed by atoms with van der Waals surface area (Å²) < 4.78 is 16.8. The molecule has 0 aromatic heterocycles. The molecule has 0 bridgehead atoms. The molecule has 0 saturated heterocycles. The molecule has 102 valence electrons. The first-order valence-electron chi connectivity index (χ1n) is 5.98. The third-order valence-electron chi connectivity index (χ3n) is 2.20. The Hall–Kier alpha value is -0.620. The van der Waals surface area contributed by atoms with Gasteiger partial charge in [0.05, 0.1) is 19.8 Å². The average molecular weight is 318 g/mol. The summed E-state index contributed by atoms with van der Waals surface area (Å²) in [6, 6.07) is 7.82. The summed E-state index contributed by atoms with van der Waals surface area (Å²) in [5.41, 5.74) is 0. The van der Waals surface area contributed by atoms with Crippen LogP contribution in [-0.4, -0.2) is 46.6 Å². The van der Waals surface area contributed by atoms with E-state index in [0.717, 1.165) is 23.3 Å². The van der Waals surface area contributed by atoms with Gasteiger partial charge < -0.3 is 19.5 Å². The fraction of sp³-hybridized carbons (Fsp3) is 0.538. The lowest BCUT2D eigenvalue weighted by molar-refractivity contribution is 0.0717. The molecule has 1 aromatic rings. The Balaban J connectivity index is 1.92. The quantitative estimate of drug-likeness (QED) is 0.671. The minimum Gasteiger partial charge on any atom is -0.492 e. The van der Waals surface area contributed by atoms with Gasteiger partial charge in [-0.05, 0) is 18.2 Å². The highest BCUT2D eigenvalue weighted by Gasteiger charge is 1.94. The van der Waals surface area contributed by atoms with Crippen LogP contribution in [0.4, 0.5) is 0 Å². The SMILES string of the molecule is COCCOCCNCCOc1cccc(Br)c1. The van der Waals surface area contributed by atoms with E-state index in [1.165, 1.54) is 0 Å². The van der Waals surface area contributed by atoms with Gasteiger partial charge in [-0.1, -0.05) is 22.0 Å². The van der Waals surface area contributed by atoms with Crippen LogP contribution in [0.3, 0.4) is 0 Å². The van der Waals surface area contributed by atoms with Crippen LogP contribution in [0.5, 0.6) is 5.75 Å². The predicted octanol–water partition coefficient (Wildman–Crippen LogP) is 2.08. The van der Waals surface area contributed by atoms with Crippen LogP contribution >= 0.6 is 15.9 Å². The fourth-order valence-corrected chi connectivity index (χ4v) is 1.69. The maximum Gasteiger partial charge on any atom is 0.120 e. The summed E-state index contributed by atoms with van der Waals surface area (Å²) in [6.45, 7) is 4.26. The number of rotatable bonds is 10. The van der Waals surface area contributed by atoms with Gasteiger partial charge in [0.15, 0.2) is 0 Å². The summed E-state index contributed by atoms with van der Waals surface area (Å²) in [5.74, 6) is 0.877. The molecule has 1 N–H and O–H groups in total. The van der Waals surface area contributed by atoms with Gasteiger partial charge in [-0.2, -0.15) is 0 Å². The molecular formula is C13H20BrNO3. The van der Waals surface area contributed by atoms with E-state index >= 15 is 0 Å². The van der Waals surface area contributed by atoms with Crippen molar-refractivity contribution in [3.8, 4) is 5.75 Å². The summed E-state index contributed by atoms with van der Waals surface area (Å²) in [4.78, 5) is 0.